The molecule has 1 atom stereocenters. The van der Waals surface area contributed by atoms with Crippen LogP contribution in [-0.4, -0.2) is 16.2 Å². The maximum absolute atomic E-state index is 5.85. The largest absolute Gasteiger partial charge is 0.328 e. The number of hydrogen-bond acceptors (Lipinski definition) is 2. The number of aromatic nitrogens is 2. The fourth-order valence-electron chi connectivity index (χ4n) is 1.68. The quantitative estimate of drug-likeness (QED) is 0.902. The Morgan fingerprint density at radius 1 is 1.35 bits per heavy atom. The molecule has 1 aromatic carbocycles. The van der Waals surface area contributed by atoms with E-state index in [2.05, 4.69) is 10.2 Å². The molecule has 5 heteroatoms. The van der Waals surface area contributed by atoms with Crippen molar-refractivity contribution in [2.24, 2.45) is 5.73 Å². The van der Waals surface area contributed by atoms with Gasteiger partial charge in [-0.1, -0.05) is 23.7 Å². The molecule has 3 N–H and O–H groups in total. The third-order valence-electron chi connectivity index (χ3n) is 2.39. The number of nitrogens with one attached hydrogen (secondary N) is 1. The molecule has 0 bridgehead atoms. The molecular weight excluding hydrogens is 257 g/mol. The Labute approximate surface area is 112 Å². The molecule has 0 radical (unpaired) electrons. The summed E-state index contributed by atoms with van der Waals surface area (Å²) in [7, 11) is 0. The lowest BCUT2D eigenvalue weighted by Gasteiger charge is -2.06. The van der Waals surface area contributed by atoms with Crippen LogP contribution < -0.4 is 5.73 Å². The molecule has 0 spiro atoms. The number of hydrogen-bond donors (Lipinski definition) is 2. The smallest absolute Gasteiger partial charge is 0.0682 e. The molecular formula is C12H15Cl2N3. The first-order valence-electron chi connectivity index (χ1n) is 5.20. The van der Waals surface area contributed by atoms with E-state index in [4.69, 9.17) is 17.3 Å². The van der Waals surface area contributed by atoms with E-state index in [0.29, 0.717) is 0 Å². The summed E-state index contributed by atoms with van der Waals surface area (Å²) in [5.41, 5.74) is 9.03. The van der Waals surface area contributed by atoms with Crippen molar-refractivity contribution in [1.29, 1.82) is 0 Å². The highest BCUT2D eigenvalue weighted by molar-refractivity contribution is 6.30. The van der Waals surface area contributed by atoms with Gasteiger partial charge in [0.15, 0.2) is 0 Å². The molecule has 0 aliphatic rings. The highest BCUT2D eigenvalue weighted by Crippen LogP contribution is 2.23. The molecule has 0 fully saturated rings. The van der Waals surface area contributed by atoms with E-state index >= 15 is 0 Å². The molecule has 0 saturated carbocycles. The Morgan fingerprint density at radius 3 is 2.59 bits per heavy atom. The van der Waals surface area contributed by atoms with E-state index in [9.17, 15) is 0 Å². The number of nitrogens with two attached hydrogens (primary N) is 1. The van der Waals surface area contributed by atoms with Crippen molar-refractivity contribution in [3.63, 3.8) is 0 Å². The van der Waals surface area contributed by atoms with E-state index < -0.39 is 0 Å². The fraction of sp³-hybridized carbons (Fsp3) is 0.250. The molecule has 0 aliphatic carbocycles. The van der Waals surface area contributed by atoms with Gasteiger partial charge in [-0.3, -0.25) is 5.10 Å². The molecule has 1 aromatic heterocycles. The maximum atomic E-state index is 5.85. The SMILES string of the molecule is CC(N)Cc1cn[nH]c1-c1ccc(Cl)cc1.Cl. The van der Waals surface area contributed by atoms with Gasteiger partial charge in [0.1, 0.15) is 0 Å². The van der Waals surface area contributed by atoms with Crippen molar-refractivity contribution in [2.45, 2.75) is 19.4 Å². The average Bonchev–Trinajstić information content (AvgIpc) is 2.66. The number of nitrogens with zero attached hydrogens (tertiary/aromatic N) is 1. The topological polar surface area (TPSA) is 54.7 Å². The summed E-state index contributed by atoms with van der Waals surface area (Å²) in [6, 6.07) is 7.81. The number of H-pyrrole nitrogens is 1. The maximum Gasteiger partial charge on any atom is 0.0682 e. The Hall–Kier alpha value is -1.03. The van der Waals surface area contributed by atoms with E-state index in [1.54, 1.807) is 0 Å². The van der Waals surface area contributed by atoms with Crippen molar-refractivity contribution in [3.05, 3.63) is 41.0 Å². The molecule has 3 nitrogen and oxygen atoms in total. The van der Waals surface area contributed by atoms with Gasteiger partial charge >= 0.3 is 0 Å². The first-order chi connectivity index (χ1) is 7.66. The fourth-order valence-corrected chi connectivity index (χ4v) is 1.81. The van der Waals surface area contributed by atoms with Crippen LogP contribution in [0, 0.1) is 0 Å². The predicted molar refractivity (Wildman–Crippen MR) is 73.6 cm³/mol. The zero-order valence-corrected chi connectivity index (χ0v) is 11.1. The molecule has 1 heterocycles. The minimum atomic E-state index is 0. The molecule has 92 valence electrons. The second kappa shape index (κ2) is 6.05. The number of halogens is 2. The third kappa shape index (κ3) is 3.46. The third-order valence-corrected chi connectivity index (χ3v) is 2.64. The normalized spacial score (nSPS) is 11.9. The zero-order chi connectivity index (χ0) is 11.5. The van der Waals surface area contributed by atoms with Gasteiger partial charge in [0.05, 0.1) is 11.9 Å². The van der Waals surface area contributed by atoms with E-state index in [0.717, 1.165) is 28.3 Å². The van der Waals surface area contributed by atoms with Crippen LogP contribution in [0.25, 0.3) is 11.3 Å². The molecule has 2 aromatic rings. The lowest BCUT2D eigenvalue weighted by Crippen LogP contribution is -2.17. The molecule has 1 unspecified atom stereocenters. The Balaban J connectivity index is 0.00000144. The number of aromatic amines is 1. The second-order valence-electron chi connectivity index (χ2n) is 3.96. The lowest BCUT2D eigenvalue weighted by molar-refractivity contribution is 0.739. The summed E-state index contributed by atoms with van der Waals surface area (Å²) in [4.78, 5) is 0. The van der Waals surface area contributed by atoms with Crippen LogP contribution in [0.5, 0.6) is 0 Å². The Kier molecular flexibility index (Phi) is 5.00. The van der Waals surface area contributed by atoms with Crippen LogP contribution in [0.3, 0.4) is 0 Å². The summed E-state index contributed by atoms with van der Waals surface area (Å²) >= 11 is 5.85. The second-order valence-corrected chi connectivity index (χ2v) is 4.39. The lowest BCUT2D eigenvalue weighted by atomic mass is 10.0. The summed E-state index contributed by atoms with van der Waals surface area (Å²) in [5, 5.41) is 7.79. The van der Waals surface area contributed by atoms with Gasteiger partial charge in [-0.15, -0.1) is 12.4 Å². The number of benzene rings is 1. The van der Waals surface area contributed by atoms with Gasteiger partial charge in [0.2, 0.25) is 0 Å². The van der Waals surface area contributed by atoms with E-state index in [-0.39, 0.29) is 18.4 Å². The summed E-state index contributed by atoms with van der Waals surface area (Å²) in [5.74, 6) is 0. The molecule has 0 saturated heterocycles. The molecule has 0 aliphatic heterocycles. The molecule has 2 rings (SSSR count). The van der Waals surface area contributed by atoms with Gasteiger partial charge in [0.25, 0.3) is 0 Å². The van der Waals surface area contributed by atoms with Gasteiger partial charge in [-0.2, -0.15) is 5.10 Å². The monoisotopic (exact) mass is 271 g/mol. The highest BCUT2D eigenvalue weighted by atomic mass is 35.5. The van der Waals surface area contributed by atoms with Crippen molar-refractivity contribution < 1.29 is 0 Å². The summed E-state index contributed by atoms with van der Waals surface area (Å²) < 4.78 is 0. The van der Waals surface area contributed by atoms with Crippen LogP contribution in [-0.2, 0) is 6.42 Å². The average molecular weight is 272 g/mol. The van der Waals surface area contributed by atoms with E-state index in [1.807, 2.05) is 37.4 Å². The molecule has 17 heavy (non-hydrogen) atoms. The van der Waals surface area contributed by atoms with Crippen LogP contribution in [0.4, 0.5) is 0 Å². The number of rotatable bonds is 3. The van der Waals surface area contributed by atoms with Crippen LogP contribution in [0.2, 0.25) is 5.02 Å². The van der Waals surface area contributed by atoms with Crippen molar-refractivity contribution in [1.82, 2.24) is 10.2 Å². The summed E-state index contributed by atoms with van der Waals surface area (Å²) in [6.07, 6.45) is 2.64. The summed E-state index contributed by atoms with van der Waals surface area (Å²) in [6.45, 7) is 1.98. The predicted octanol–water partition coefficient (Wildman–Crippen LogP) is 3.04. The first-order valence-corrected chi connectivity index (χ1v) is 5.58. The zero-order valence-electron chi connectivity index (χ0n) is 9.48. The first kappa shape index (κ1) is 14.0. The van der Waals surface area contributed by atoms with Crippen LogP contribution in [0.15, 0.2) is 30.5 Å². The van der Waals surface area contributed by atoms with Gasteiger partial charge < -0.3 is 5.73 Å². The minimum Gasteiger partial charge on any atom is -0.328 e. The van der Waals surface area contributed by atoms with E-state index in [1.165, 1.54) is 0 Å². The van der Waals surface area contributed by atoms with Crippen molar-refractivity contribution in [3.8, 4) is 11.3 Å². The highest BCUT2D eigenvalue weighted by Gasteiger charge is 2.09. The molecule has 0 amide bonds. The minimum absolute atomic E-state index is 0. The van der Waals surface area contributed by atoms with Gasteiger partial charge in [-0.25, -0.2) is 0 Å². The van der Waals surface area contributed by atoms with Crippen LogP contribution in [0.1, 0.15) is 12.5 Å². The Bertz CT molecular complexity index is 463. The van der Waals surface area contributed by atoms with Gasteiger partial charge in [-0.05, 0) is 36.6 Å². The van der Waals surface area contributed by atoms with Crippen LogP contribution >= 0.6 is 24.0 Å². The van der Waals surface area contributed by atoms with Gasteiger partial charge in [0, 0.05) is 11.1 Å². The van der Waals surface area contributed by atoms with Crippen molar-refractivity contribution >= 4 is 24.0 Å². The standard InChI is InChI=1S/C12H14ClN3.ClH/c1-8(14)6-10-7-15-16-12(10)9-2-4-11(13)5-3-9;/h2-5,7-8H,6,14H2,1H3,(H,15,16);1H. The Morgan fingerprint density at radius 2 is 2.00 bits per heavy atom. The van der Waals surface area contributed by atoms with Crippen molar-refractivity contribution in [2.75, 3.05) is 0 Å².